The van der Waals surface area contributed by atoms with Crippen LogP contribution in [0.2, 0.25) is 0 Å². The summed E-state index contributed by atoms with van der Waals surface area (Å²) in [6.07, 6.45) is -3.98. The monoisotopic (exact) mass is 247 g/mol. The van der Waals surface area contributed by atoms with E-state index in [-0.39, 0.29) is 0 Å². The van der Waals surface area contributed by atoms with Crippen molar-refractivity contribution < 1.29 is 30.6 Å². The predicted octanol–water partition coefficient (Wildman–Crippen LogP) is 1.40. The standard InChI is InChI=1S/C6H5F4NO3S/c7-6(8,9)4-1-2-5(11(10)3-4)15(12,13)14/h1-2H,3H2,(H,12,13,14). The summed E-state index contributed by atoms with van der Waals surface area (Å²) in [5.41, 5.74) is -1.24. The number of nitrogens with zero attached hydrogens (tertiary/aromatic N) is 1. The Morgan fingerprint density at radius 3 is 2.20 bits per heavy atom. The molecule has 0 amide bonds. The van der Waals surface area contributed by atoms with Gasteiger partial charge in [-0.15, -0.1) is 0 Å². The van der Waals surface area contributed by atoms with Crippen molar-refractivity contribution in [3.8, 4) is 0 Å². The van der Waals surface area contributed by atoms with Crippen molar-refractivity contribution in [2.45, 2.75) is 6.18 Å². The van der Waals surface area contributed by atoms with E-state index in [1.807, 2.05) is 0 Å². The summed E-state index contributed by atoms with van der Waals surface area (Å²) in [6, 6.07) is 0. The van der Waals surface area contributed by atoms with Gasteiger partial charge in [-0.3, -0.25) is 4.55 Å². The largest absolute Gasteiger partial charge is 0.414 e. The number of rotatable bonds is 1. The van der Waals surface area contributed by atoms with Crippen LogP contribution in [0.3, 0.4) is 0 Å². The van der Waals surface area contributed by atoms with E-state index in [9.17, 15) is 26.1 Å². The quantitative estimate of drug-likeness (QED) is 0.432. The van der Waals surface area contributed by atoms with Crippen molar-refractivity contribution in [1.29, 1.82) is 0 Å². The fraction of sp³-hybridized carbons (Fsp3) is 0.333. The Morgan fingerprint density at radius 1 is 1.33 bits per heavy atom. The van der Waals surface area contributed by atoms with Gasteiger partial charge in [0.1, 0.15) is 0 Å². The highest BCUT2D eigenvalue weighted by molar-refractivity contribution is 7.89. The maximum Gasteiger partial charge on any atom is 0.414 e. The zero-order valence-corrected chi connectivity index (χ0v) is 7.81. The summed E-state index contributed by atoms with van der Waals surface area (Å²) in [6.45, 7) is -1.27. The third-order valence-electron chi connectivity index (χ3n) is 1.60. The van der Waals surface area contributed by atoms with Gasteiger partial charge in [-0.1, -0.05) is 4.48 Å². The number of halogens is 4. The Labute approximate surface area is 82.2 Å². The minimum atomic E-state index is -4.84. The van der Waals surface area contributed by atoms with E-state index < -0.39 is 38.6 Å². The van der Waals surface area contributed by atoms with Gasteiger partial charge in [-0.05, 0) is 12.2 Å². The summed E-state index contributed by atoms with van der Waals surface area (Å²) in [4.78, 5) is 0. The van der Waals surface area contributed by atoms with Gasteiger partial charge in [0.05, 0.1) is 12.1 Å². The second kappa shape index (κ2) is 3.49. The molecule has 4 nitrogen and oxygen atoms in total. The molecule has 1 rings (SSSR count). The molecular formula is C6H5F4NO3S. The van der Waals surface area contributed by atoms with E-state index in [1.54, 1.807) is 0 Å². The first-order chi connectivity index (χ1) is 6.62. The van der Waals surface area contributed by atoms with Gasteiger partial charge >= 0.3 is 16.3 Å². The average Bonchev–Trinajstić information content (AvgIpc) is 1.99. The van der Waals surface area contributed by atoms with Gasteiger partial charge in [0.15, 0.2) is 5.03 Å². The highest BCUT2D eigenvalue weighted by Crippen LogP contribution is 2.30. The van der Waals surface area contributed by atoms with Gasteiger partial charge in [0, 0.05) is 0 Å². The first-order valence-electron chi connectivity index (χ1n) is 3.51. The van der Waals surface area contributed by atoms with Crippen LogP contribution >= 0.6 is 0 Å². The van der Waals surface area contributed by atoms with E-state index in [0.717, 1.165) is 0 Å². The molecule has 1 N–H and O–H groups in total. The fourth-order valence-electron chi connectivity index (χ4n) is 0.928. The summed E-state index contributed by atoms with van der Waals surface area (Å²) in [5.74, 6) is 0. The zero-order valence-electron chi connectivity index (χ0n) is 6.99. The molecule has 0 aromatic carbocycles. The maximum atomic E-state index is 12.8. The van der Waals surface area contributed by atoms with Crippen LogP contribution in [-0.2, 0) is 10.1 Å². The number of hydrogen-bond donors (Lipinski definition) is 1. The number of allylic oxidation sites excluding steroid dienone is 2. The van der Waals surface area contributed by atoms with Crippen LogP contribution < -0.4 is 0 Å². The highest BCUT2D eigenvalue weighted by atomic mass is 32.2. The van der Waals surface area contributed by atoms with Crippen molar-refractivity contribution in [2.75, 3.05) is 6.54 Å². The second-order valence-electron chi connectivity index (χ2n) is 2.69. The lowest BCUT2D eigenvalue weighted by molar-refractivity contribution is -0.101. The van der Waals surface area contributed by atoms with E-state index in [0.29, 0.717) is 12.2 Å². The molecule has 0 aliphatic carbocycles. The molecule has 15 heavy (non-hydrogen) atoms. The van der Waals surface area contributed by atoms with Crippen LogP contribution in [0.15, 0.2) is 22.8 Å². The molecule has 0 spiro atoms. The molecule has 1 aliphatic heterocycles. The van der Waals surface area contributed by atoms with Gasteiger partial charge in [-0.25, -0.2) is 0 Å². The molecule has 86 valence electrons. The maximum absolute atomic E-state index is 12.8. The van der Waals surface area contributed by atoms with Crippen molar-refractivity contribution >= 4 is 10.1 Å². The SMILES string of the molecule is O=S(=O)(O)C1=CC=C(C(F)(F)F)CN1F. The zero-order chi connectivity index (χ0) is 11.9. The van der Waals surface area contributed by atoms with Crippen LogP contribution in [0.5, 0.6) is 0 Å². The van der Waals surface area contributed by atoms with Crippen LogP contribution in [0.4, 0.5) is 17.7 Å². The Bertz CT molecular complexity index is 422. The topological polar surface area (TPSA) is 57.6 Å². The molecule has 0 saturated heterocycles. The van der Waals surface area contributed by atoms with Gasteiger partial charge < -0.3 is 0 Å². The van der Waals surface area contributed by atoms with Crippen molar-refractivity contribution in [2.24, 2.45) is 0 Å². The van der Waals surface area contributed by atoms with Crippen molar-refractivity contribution in [1.82, 2.24) is 5.12 Å². The molecule has 0 radical (unpaired) electrons. The lowest BCUT2D eigenvalue weighted by atomic mass is 10.2. The first kappa shape index (κ1) is 12.0. The summed E-state index contributed by atoms with van der Waals surface area (Å²) in [5, 5.41) is -1.89. The average molecular weight is 247 g/mol. The van der Waals surface area contributed by atoms with Crippen molar-refractivity contribution in [3.63, 3.8) is 0 Å². The second-order valence-corrected chi connectivity index (χ2v) is 4.06. The summed E-state index contributed by atoms with van der Waals surface area (Å²) >= 11 is 0. The molecule has 0 aromatic heterocycles. The van der Waals surface area contributed by atoms with Gasteiger partial charge in [0.25, 0.3) is 0 Å². The molecule has 1 heterocycles. The van der Waals surface area contributed by atoms with E-state index >= 15 is 0 Å². The number of hydrogen-bond acceptors (Lipinski definition) is 3. The van der Waals surface area contributed by atoms with Gasteiger partial charge in [0.2, 0.25) is 0 Å². The lowest BCUT2D eigenvalue weighted by Crippen LogP contribution is -2.29. The van der Waals surface area contributed by atoms with E-state index in [1.165, 1.54) is 0 Å². The van der Waals surface area contributed by atoms with Crippen molar-refractivity contribution in [3.05, 3.63) is 22.8 Å². The lowest BCUT2D eigenvalue weighted by Gasteiger charge is -2.21. The molecule has 0 unspecified atom stereocenters. The van der Waals surface area contributed by atoms with Crippen LogP contribution in [0.1, 0.15) is 0 Å². The normalized spacial score (nSPS) is 18.6. The molecule has 0 atom stereocenters. The Morgan fingerprint density at radius 2 is 1.87 bits per heavy atom. The molecule has 1 aliphatic rings. The van der Waals surface area contributed by atoms with Crippen LogP contribution in [0, 0.1) is 0 Å². The first-order valence-corrected chi connectivity index (χ1v) is 4.95. The van der Waals surface area contributed by atoms with Crippen LogP contribution in [0.25, 0.3) is 0 Å². The molecule has 0 bridgehead atoms. The summed E-state index contributed by atoms with van der Waals surface area (Å²) < 4.78 is 78.2. The fourth-order valence-corrected chi connectivity index (χ4v) is 1.48. The third kappa shape index (κ3) is 2.69. The van der Waals surface area contributed by atoms with Crippen LogP contribution in [-0.4, -0.2) is 30.8 Å². The molecule has 9 heteroatoms. The van der Waals surface area contributed by atoms with E-state index in [4.69, 9.17) is 4.55 Å². The number of alkyl halides is 3. The smallest absolute Gasteiger partial charge is 0.281 e. The minimum Gasteiger partial charge on any atom is -0.281 e. The third-order valence-corrected chi connectivity index (χ3v) is 2.47. The minimum absolute atomic E-state index is 0.349. The predicted molar refractivity (Wildman–Crippen MR) is 41.6 cm³/mol. The summed E-state index contributed by atoms with van der Waals surface area (Å²) in [7, 11) is -4.84. The Balaban J connectivity index is 3.10. The Kier molecular flexibility index (Phi) is 2.79. The molecular weight excluding hydrogens is 242 g/mol. The van der Waals surface area contributed by atoms with Gasteiger partial charge in [-0.2, -0.15) is 26.7 Å². The molecule has 0 saturated carbocycles. The van der Waals surface area contributed by atoms with E-state index in [2.05, 4.69) is 0 Å². The Hall–Kier alpha value is -1.09. The molecule has 0 aromatic rings. The highest BCUT2D eigenvalue weighted by Gasteiger charge is 2.38. The molecule has 0 fully saturated rings.